The largest absolute Gasteiger partial charge is 0.302 e. The number of rotatable bonds is 7. The van der Waals surface area contributed by atoms with Gasteiger partial charge < -0.3 is 4.90 Å². The van der Waals surface area contributed by atoms with Crippen molar-refractivity contribution >= 4 is 11.5 Å². The topological polar surface area (TPSA) is 32.7 Å². The number of likely N-dealkylation sites (N-methyl/N-ethyl adjacent to an activating group) is 1. The van der Waals surface area contributed by atoms with E-state index in [1.807, 2.05) is 27.7 Å². The highest BCUT2D eigenvalue weighted by molar-refractivity contribution is 6.02. The van der Waals surface area contributed by atoms with E-state index in [-0.39, 0.29) is 11.2 Å². The van der Waals surface area contributed by atoms with Crippen LogP contribution in [-0.2, 0) is 4.79 Å². The summed E-state index contributed by atoms with van der Waals surface area (Å²) in [4.78, 5) is 18.6. The zero-order valence-corrected chi connectivity index (χ0v) is 12.3. The maximum Gasteiger partial charge on any atom is 0.143 e. The van der Waals surface area contributed by atoms with Crippen molar-refractivity contribution in [3.8, 4) is 0 Å². The minimum absolute atomic E-state index is 0.254. The van der Waals surface area contributed by atoms with Crippen molar-refractivity contribution in [2.45, 2.75) is 48.0 Å². The Balaban J connectivity index is 4.07. The van der Waals surface area contributed by atoms with Gasteiger partial charge in [-0.3, -0.25) is 9.79 Å². The van der Waals surface area contributed by atoms with Gasteiger partial charge in [-0.2, -0.15) is 0 Å². The van der Waals surface area contributed by atoms with Crippen LogP contribution in [0.4, 0.5) is 0 Å². The van der Waals surface area contributed by atoms with E-state index in [0.717, 1.165) is 31.9 Å². The lowest BCUT2D eigenvalue weighted by atomic mass is 9.88. The zero-order valence-electron chi connectivity index (χ0n) is 12.3. The molecule has 3 heteroatoms. The second kappa shape index (κ2) is 7.59. The summed E-state index contributed by atoms with van der Waals surface area (Å²) in [6, 6.07) is 0. The van der Waals surface area contributed by atoms with Crippen LogP contribution in [0, 0.1) is 5.41 Å². The number of hydrogen-bond acceptors (Lipinski definition) is 3. The standard InChI is InChI=1S/C14H28N2O/c1-7-16(8-2)10-9-15-12(3)11-13(17)14(4,5)6/h7-11H2,1-6H3. The van der Waals surface area contributed by atoms with Crippen molar-refractivity contribution in [3.05, 3.63) is 0 Å². The fourth-order valence-corrected chi connectivity index (χ4v) is 1.48. The summed E-state index contributed by atoms with van der Waals surface area (Å²) in [5.74, 6) is 0.265. The molecule has 0 spiro atoms. The Bertz CT molecular complexity index is 260. The third-order valence-electron chi connectivity index (χ3n) is 2.95. The monoisotopic (exact) mass is 240 g/mol. The van der Waals surface area contributed by atoms with Crippen LogP contribution < -0.4 is 0 Å². The summed E-state index contributed by atoms with van der Waals surface area (Å²) < 4.78 is 0. The van der Waals surface area contributed by atoms with E-state index in [1.165, 1.54) is 0 Å². The maximum absolute atomic E-state index is 11.8. The molecular formula is C14H28N2O. The van der Waals surface area contributed by atoms with E-state index in [2.05, 4.69) is 23.7 Å². The Hall–Kier alpha value is -0.700. The molecule has 0 N–H and O–H groups in total. The number of hydrogen-bond donors (Lipinski definition) is 0. The van der Waals surface area contributed by atoms with Crippen LogP contribution in [0.25, 0.3) is 0 Å². The molecule has 0 heterocycles. The predicted octanol–water partition coefficient (Wildman–Crippen LogP) is 2.79. The van der Waals surface area contributed by atoms with Gasteiger partial charge in [0.05, 0.1) is 6.54 Å². The van der Waals surface area contributed by atoms with Crippen molar-refractivity contribution in [1.82, 2.24) is 4.90 Å². The van der Waals surface area contributed by atoms with E-state index in [9.17, 15) is 4.79 Å². The second-order valence-electron chi connectivity index (χ2n) is 5.49. The summed E-state index contributed by atoms with van der Waals surface area (Å²) in [5, 5.41) is 0. The first-order valence-electron chi connectivity index (χ1n) is 6.56. The Kier molecular flexibility index (Phi) is 7.28. The first-order chi connectivity index (χ1) is 7.81. The smallest absolute Gasteiger partial charge is 0.143 e. The lowest BCUT2D eigenvalue weighted by Gasteiger charge is -2.17. The molecule has 0 atom stereocenters. The van der Waals surface area contributed by atoms with Gasteiger partial charge >= 0.3 is 0 Å². The molecule has 0 aliphatic heterocycles. The van der Waals surface area contributed by atoms with E-state index >= 15 is 0 Å². The highest BCUT2D eigenvalue weighted by Gasteiger charge is 2.21. The van der Waals surface area contributed by atoms with Crippen LogP contribution in [0.5, 0.6) is 0 Å². The molecule has 0 bridgehead atoms. The Morgan fingerprint density at radius 1 is 1.18 bits per heavy atom. The number of aliphatic imine (C=N–C) groups is 1. The molecule has 0 rings (SSSR count). The summed E-state index contributed by atoms with van der Waals surface area (Å²) in [5.41, 5.74) is 0.701. The highest BCUT2D eigenvalue weighted by Crippen LogP contribution is 2.16. The normalized spacial score (nSPS) is 13.2. The molecule has 0 amide bonds. The van der Waals surface area contributed by atoms with Gasteiger partial charge in [0.25, 0.3) is 0 Å². The fraction of sp³-hybridized carbons (Fsp3) is 0.857. The van der Waals surface area contributed by atoms with Crippen LogP contribution in [0.15, 0.2) is 4.99 Å². The number of carbonyl (C=O) groups excluding carboxylic acids is 1. The molecule has 0 fully saturated rings. The molecule has 17 heavy (non-hydrogen) atoms. The minimum Gasteiger partial charge on any atom is -0.302 e. The highest BCUT2D eigenvalue weighted by atomic mass is 16.1. The van der Waals surface area contributed by atoms with Crippen molar-refractivity contribution in [3.63, 3.8) is 0 Å². The Morgan fingerprint density at radius 3 is 2.12 bits per heavy atom. The van der Waals surface area contributed by atoms with Gasteiger partial charge in [-0.05, 0) is 20.0 Å². The molecule has 0 saturated heterocycles. The van der Waals surface area contributed by atoms with E-state index < -0.39 is 0 Å². The molecule has 100 valence electrons. The van der Waals surface area contributed by atoms with Crippen LogP contribution in [0.3, 0.4) is 0 Å². The molecule has 3 nitrogen and oxygen atoms in total. The van der Waals surface area contributed by atoms with Gasteiger partial charge in [0.1, 0.15) is 5.78 Å². The third kappa shape index (κ3) is 7.27. The second-order valence-corrected chi connectivity index (χ2v) is 5.49. The summed E-state index contributed by atoms with van der Waals surface area (Å²) in [6.07, 6.45) is 0.488. The summed E-state index contributed by atoms with van der Waals surface area (Å²) in [7, 11) is 0. The average Bonchev–Trinajstić information content (AvgIpc) is 2.23. The lowest BCUT2D eigenvalue weighted by molar-refractivity contribution is -0.125. The minimum atomic E-state index is -0.254. The molecule has 0 radical (unpaired) electrons. The van der Waals surface area contributed by atoms with Gasteiger partial charge in [0, 0.05) is 24.1 Å². The first-order valence-corrected chi connectivity index (χ1v) is 6.56. The van der Waals surface area contributed by atoms with Gasteiger partial charge in [-0.15, -0.1) is 0 Å². The predicted molar refractivity (Wildman–Crippen MR) is 74.8 cm³/mol. The number of ketones is 1. The van der Waals surface area contributed by atoms with Crippen molar-refractivity contribution < 1.29 is 4.79 Å². The van der Waals surface area contributed by atoms with Gasteiger partial charge in [-0.25, -0.2) is 0 Å². The van der Waals surface area contributed by atoms with Crippen LogP contribution >= 0.6 is 0 Å². The number of nitrogens with zero attached hydrogens (tertiary/aromatic N) is 2. The van der Waals surface area contributed by atoms with Crippen LogP contribution in [0.2, 0.25) is 0 Å². The molecule has 0 aromatic rings. The lowest BCUT2D eigenvalue weighted by Crippen LogP contribution is -2.26. The summed E-state index contributed by atoms with van der Waals surface area (Å²) in [6.45, 7) is 16.0. The zero-order chi connectivity index (χ0) is 13.5. The molecule has 0 aliphatic rings. The van der Waals surface area contributed by atoms with Crippen LogP contribution in [0.1, 0.15) is 48.0 Å². The molecular weight excluding hydrogens is 212 g/mol. The average molecular weight is 240 g/mol. The molecule has 0 unspecified atom stereocenters. The van der Waals surface area contributed by atoms with Crippen molar-refractivity contribution in [1.29, 1.82) is 0 Å². The van der Waals surface area contributed by atoms with Gasteiger partial charge in [-0.1, -0.05) is 34.6 Å². The Labute approximate surface area is 106 Å². The number of Topliss-reactive ketones (excluding diaryl/α,β-unsaturated/α-hetero) is 1. The molecule has 0 aliphatic carbocycles. The van der Waals surface area contributed by atoms with Crippen molar-refractivity contribution in [2.24, 2.45) is 10.4 Å². The third-order valence-corrected chi connectivity index (χ3v) is 2.95. The SMILES string of the molecule is CCN(CC)CCN=C(C)CC(=O)C(C)(C)C. The van der Waals surface area contributed by atoms with E-state index in [1.54, 1.807) is 0 Å². The fourth-order valence-electron chi connectivity index (χ4n) is 1.48. The molecule has 0 aromatic carbocycles. The molecule has 0 aromatic heterocycles. The molecule has 0 saturated carbocycles. The van der Waals surface area contributed by atoms with E-state index in [0.29, 0.717) is 6.42 Å². The maximum atomic E-state index is 11.8. The van der Waals surface area contributed by atoms with Gasteiger partial charge in [0.2, 0.25) is 0 Å². The van der Waals surface area contributed by atoms with Crippen molar-refractivity contribution in [2.75, 3.05) is 26.2 Å². The Morgan fingerprint density at radius 2 is 1.71 bits per heavy atom. The van der Waals surface area contributed by atoms with Crippen LogP contribution in [-0.4, -0.2) is 42.6 Å². The van der Waals surface area contributed by atoms with Gasteiger partial charge in [0.15, 0.2) is 0 Å². The quantitative estimate of drug-likeness (QED) is 0.641. The number of carbonyl (C=O) groups is 1. The van der Waals surface area contributed by atoms with E-state index in [4.69, 9.17) is 0 Å². The first kappa shape index (κ1) is 16.3. The summed E-state index contributed by atoms with van der Waals surface area (Å²) >= 11 is 0.